The van der Waals surface area contributed by atoms with E-state index < -0.39 is 0 Å². The van der Waals surface area contributed by atoms with Crippen molar-refractivity contribution in [1.82, 2.24) is 4.57 Å². The first-order valence-corrected chi connectivity index (χ1v) is 9.00. The van der Waals surface area contributed by atoms with E-state index in [1.165, 1.54) is 11.3 Å². The van der Waals surface area contributed by atoms with E-state index in [0.29, 0.717) is 21.9 Å². The van der Waals surface area contributed by atoms with Gasteiger partial charge < -0.3 is 4.57 Å². The van der Waals surface area contributed by atoms with E-state index in [1.807, 2.05) is 55.7 Å². The van der Waals surface area contributed by atoms with E-state index in [0.717, 1.165) is 26.9 Å². The van der Waals surface area contributed by atoms with E-state index in [4.69, 9.17) is 18.0 Å². The molecule has 126 valence electrons. The molecule has 3 nitrogen and oxygen atoms in total. The Labute approximate surface area is 155 Å². The number of rotatable bonds is 2. The molecule has 0 N–H and O–H groups in total. The number of terminal acetylenes is 1. The Morgan fingerprint density at radius 2 is 2.04 bits per heavy atom. The molecule has 0 aliphatic rings. The molecule has 0 saturated heterocycles. The first-order chi connectivity index (χ1) is 11.9. The molecule has 0 bridgehead atoms. The fraction of sp³-hybridized carbons (Fsp3) is 0.200. The number of carbonyl (C=O) groups is 1. The number of hydrogen-bond donors (Lipinski definition) is 0. The smallest absolute Gasteiger partial charge is 0.279 e. The first kappa shape index (κ1) is 17.5. The van der Waals surface area contributed by atoms with E-state index in [9.17, 15) is 4.79 Å². The summed E-state index contributed by atoms with van der Waals surface area (Å²) in [6.07, 6.45) is 5.53. The van der Waals surface area contributed by atoms with Gasteiger partial charge in [-0.1, -0.05) is 46.6 Å². The van der Waals surface area contributed by atoms with E-state index in [-0.39, 0.29) is 5.91 Å². The normalized spacial score (nSPS) is 11.7. The maximum atomic E-state index is 12.7. The number of thiazole rings is 1. The maximum absolute atomic E-state index is 12.7. The average molecular weight is 369 g/mol. The van der Waals surface area contributed by atoms with Crippen LogP contribution in [-0.2, 0) is 6.54 Å². The van der Waals surface area contributed by atoms with Gasteiger partial charge in [0, 0.05) is 10.6 Å². The first-order valence-electron chi connectivity index (χ1n) is 7.80. The third-order valence-electron chi connectivity index (χ3n) is 4.10. The van der Waals surface area contributed by atoms with Crippen LogP contribution in [0.25, 0.3) is 10.2 Å². The van der Waals surface area contributed by atoms with Crippen LogP contribution in [-0.4, -0.2) is 10.5 Å². The van der Waals surface area contributed by atoms with Gasteiger partial charge in [-0.3, -0.25) is 4.79 Å². The topological polar surface area (TPSA) is 34.4 Å². The lowest BCUT2D eigenvalue weighted by atomic mass is 10.1. The number of fused-ring (bicyclic) bond motifs is 1. The average Bonchev–Trinajstić information content (AvgIpc) is 2.92. The number of amides is 1. The molecule has 25 heavy (non-hydrogen) atoms. The number of halogens is 1. The lowest BCUT2D eigenvalue weighted by Gasteiger charge is -2.05. The number of aromatic nitrogens is 1. The molecule has 1 heterocycles. The lowest BCUT2D eigenvalue weighted by Crippen LogP contribution is -2.17. The quantitative estimate of drug-likeness (QED) is 0.606. The van der Waals surface area contributed by atoms with Crippen LogP contribution in [0.4, 0.5) is 0 Å². The summed E-state index contributed by atoms with van der Waals surface area (Å²) in [5.74, 6) is 2.38. The highest BCUT2D eigenvalue weighted by atomic mass is 35.5. The Hall–Kier alpha value is -2.35. The zero-order valence-corrected chi connectivity index (χ0v) is 15.8. The van der Waals surface area contributed by atoms with Crippen molar-refractivity contribution in [1.29, 1.82) is 0 Å². The number of aryl methyl sites for hydroxylation is 3. The molecule has 1 aromatic heterocycles. The Morgan fingerprint density at radius 1 is 1.28 bits per heavy atom. The van der Waals surface area contributed by atoms with Gasteiger partial charge in [-0.25, -0.2) is 0 Å². The largest absolute Gasteiger partial charge is 0.304 e. The van der Waals surface area contributed by atoms with Gasteiger partial charge in [0.2, 0.25) is 0 Å². The summed E-state index contributed by atoms with van der Waals surface area (Å²) < 4.78 is 2.88. The molecule has 0 fully saturated rings. The fourth-order valence-corrected chi connectivity index (χ4v) is 3.99. The molecule has 0 unspecified atom stereocenters. The molecule has 1 amide bonds. The third kappa shape index (κ3) is 3.26. The third-order valence-corrected chi connectivity index (χ3v) is 5.55. The van der Waals surface area contributed by atoms with Gasteiger partial charge in [-0.05, 0) is 50.1 Å². The van der Waals surface area contributed by atoms with Crippen LogP contribution in [0.5, 0.6) is 0 Å². The van der Waals surface area contributed by atoms with Gasteiger partial charge in [0.1, 0.15) is 0 Å². The minimum Gasteiger partial charge on any atom is -0.304 e. The molecule has 0 saturated carbocycles. The Kier molecular flexibility index (Phi) is 4.80. The SMILES string of the molecule is C#CCn1c(=NC(=O)c2cc(C)ccc2C)sc2ccc(Cl)c(C)c21. The number of benzene rings is 2. The van der Waals surface area contributed by atoms with Crippen LogP contribution in [0.15, 0.2) is 35.3 Å². The Bertz CT molecular complexity index is 1100. The van der Waals surface area contributed by atoms with Crippen LogP contribution in [0.3, 0.4) is 0 Å². The van der Waals surface area contributed by atoms with Crippen LogP contribution >= 0.6 is 22.9 Å². The van der Waals surface area contributed by atoms with Crippen molar-refractivity contribution in [2.24, 2.45) is 4.99 Å². The fourth-order valence-electron chi connectivity index (χ4n) is 2.75. The minimum absolute atomic E-state index is 0.262. The minimum atomic E-state index is -0.262. The van der Waals surface area contributed by atoms with Crippen LogP contribution < -0.4 is 4.80 Å². The van der Waals surface area contributed by atoms with Crippen molar-refractivity contribution >= 4 is 39.1 Å². The molecule has 0 spiro atoms. The van der Waals surface area contributed by atoms with Gasteiger partial charge in [0.15, 0.2) is 4.80 Å². The molecule has 0 aliphatic heterocycles. The maximum Gasteiger partial charge on any atom is 0.279 e. The summed E-state index contributed by atoms with van der Waals surface area (Å²) >= 11 is 7.69. The van der Waals surface area contributed by atoms with Crippen LogP contribution in [0.2, 0.25) is 5.02 Å². The van der Waals surface area contributed by atoms with Crippen molar-refractivity contribution in [2.75, 3.05) is 0 Å². The molecular weight excluding hydrogens is 352 g/mol. The molecule has 5 heteroatoms. The molecule has 0 radical (unpaired) electrons. The highest BCUT2D eigenvalue weighted by Crippen LogP contribution is 2.27. The van der Waals surface area contributed by atoms with Gasteiger partial charge in [0.25, 0.3) is 5.91 Å². The molecule has 3 aromatic rings. The van der Waals surface area contributed by atoms with E-state index >= 15 is 0 Å². The van der Waals surface area contributed by atoms with E-state index in [2.05, 4.69) is 10.9 Å². The Morgan fingerprint density at radius 3 is 2.76 bits per heavy atom. The lowest BCUT2D eigenvalue weighted by molar-refractivity contribution is 0.0997. The standard InChI is InChI=1S/C20H17ClN2OS/c1-5-10-23-18-14(4)16(21)8-9-17(18)25-20(23)22-19(24)15-11-12(2)6-7-13(15)3/h1,6-9,11H,10H2,2-4H3. The van der Waals surface area contributed by atoms with Crippen molar-refractivity contribution in [3.8, 4) is 12.3 Å². The van der Waals surface area contributed by atoms with Crippen molar-refractivity contribution in [3.05, 3.63) is 62.4 Å². The summed E-state index contributed by atoms with van der Waals surface area (Å²) in [7, 11) is 0. The summed E-state index contributed by atoms with van der Waals surface area (Å²) in [6.45, 7) is 6.15. The summed E-state index contributed by atoms with van der Waals surface area (Å²) in [5, 5.41) is 0.670. The highest BCUT2D eigenvalue weighted by molar-refractivity contribution is 7.16. The number of carbonyl (C=O) groups excluding carboxylic acids is 1. The molecule has 2 aromatic carbocycles. The monoisotopic (exact) mass is 368 g/mol. The second kappa shape index (κ2) is 6.87. The van der Waals surface area contributed by atoms with Crippen LogP contribution in [0.1, 0.15) is 27.0 Å². The Balaban J connectivity index is 2.24. The molecule has 0 aliphatic carbocycles. The predicted molar refractivity (Wildman–Crippen MR) is 104 cm³/mol. The van der Waals surface area contributed by atoms with Crippen molar-refractivity contribution < 1.29 is 4.79 Å². The number of nitrogens with zero attached hydrogens (tertiary/aromatic N) is 2. The van der Waals surface area contributed by atoms with E-state index in [1.54, 1.807) is 0 Å². The zero-order valence-electron chi connectivity index (χ0n) is 14.3. The molecule has 0 atom stereocenters. The number of hydrogen-bond acceptors (Lipinski definition) is 2. The second-order valence-corrected chi connectivity index (χ2v) is 7.35. The highest BCUT2D eigenvalue weighted by Gasteiger charge is 2.13. The van der Waals surface area contributed by atoms with Crippen LogP contribution in [0, 0.1) is 33.1 Å². The summed E-state index contributed by atoms with van der Waals surface area (Å²) in [6, 6.07) is 9.57. The molecule has 3 rings (SSSR count). The molecular formula is C20H17ClN2OS. The zero-order chi connectivity index (χ0) is 18.1. The van der Waals surface area contributed by atoms with Gasteiger partial charge in [0.05, 0.1) is 16.8 Å². The van der Waals surface area contributed by atoms with Crippen molar-refractivity contribution in [3.63, 3.8) is 0 Å². The summed E-state index contributed by atoms with van der Waals surface area (Å²) in [5.41, 5.74) is 4.41. The van der Waals surface area contributed by atoms with Gasteiger partial charge >= 0.3 is 0 Å². The van der Waals surface area contributed by atoms with Gasteiger partial charge in [-0.15, -0.1) is 6.42 Å². The predicted octanol–water partition coefficient (Wildman–Crippen LogP) is 4.66. The van der Waals surface area contributed by atoms with Gasteiger partial charge in [-0.2, -0.15) is 4.99 Å². The van der Waals surface area contributed by atoms with Crippen molar-refractivity contribution in [2.45, 2.75) is 27.3 Å². The summed E-state index contributed by atoms with van der Waals surface area (Å²) in [4.78, 5) is 17.7. The second-order valence-electron chi connectivity index (χ2n) is 5.93.